The van der Waals surface area contributed by atoms with E-state index in [-0.39, 0.29) is 13.2 Å². The van der Waals surface area contributed by atoms with E-state index in [1.807, 2.05) is 19.1 Å². The fraction of sp³-hybridized carbons (Fsp3) is 0.222. The van der Waals surface area contributed by atoms with Crippen molar-refractivity contribution >= 4 is 43.7 Å². The normalized spacial score (nSPS) is 10.1. The molecule has 0 radical (unpaired) electrons. The van der Waals surface area contributed by atoms with Crippen molar-refractivity contribution < 1.29 is 23.8 Å². The number of nitrogens with one attached hydrogen (secondary N) is 2. The van der Waals surface area contributed by atoms with Gasteiger partial charge in [0, 0.05) is 4.47 Å². The standard InChI is InChI=1S/C18H18Br2N2O5/c1-11-7-12(19)8-15(20)18(11)27-10-17(24)22-21-16(23)9-26-14-5-3-13(25-2)4-6-14/h3-8H,9-10H2,1-2H3,(H,21,23)(H,22,24). The average molecular weight is 502 g/mol. The minimum absolute atomic E-state index is 0.245. The van der Waals surface area contributed by atoms with Gasteiger partial charge >= 0.3 is 0 Å². The first kappa shape index (κ1) is 21.0. The van der Waals surface area contributed by atoms with Crippen molar-refractivity contribution in [1.82, 2.24) is 10.9 Å². The zero-order valence-electron chi connectivity index (χ0n) is 14.7. The number of carbonyl (C=O) groups excluding carboxylic acids is 2. The van der Waals surface area contributed by atoms with Crippen molar-refractivity contribution in [3.8, 4) is 17.2 Å². The summed E-state index contributed by atoms with van der Waals surface area (Å²) in [6.45, 7) is 1.37. The Labute approximate surface area is 173 Å². The fourth-order valence-corrected chi connectivity index (χ4v) is 3.60. The van der Waals surface area contributed by atoms with Crippen LogP contribution in [0.1, 0.15) is 5.56 Å². The molecule has 0 unspecified atom stereocenters. The summed E-state index contributed by atoms with van der Waals surface area (Å²) in [7, 11) is 1.56. The zero-order valence-corrected chi connectivity index (χ0v) is 17.8. The van der Waals surface area contributed by atoms with Gasteiger partial charge in [0.2, 0.25) is 0 Å². The second-order valence-electron chi connectivity index (χ2n) is 5.38. The third-order valence-electron chi connectivity index (χ3n) is 3.31. The highest BCUT2D eigenvalue weighted by Gasteiger charge is 2.11. The van der Waals surface area contributed by atoms with E-state index in [4.69, 9.17) is 14.2 Å². The predicted molar refractivity (Wildman–Crippen MR) is 107 cm³/mol. The Hall–Kier alpha value is -2.26. The highest BCUT2D eigenvalue weighted by Crippen LogP contribution is 2.32. The van der Waals surface area contributed by atoms with E-state index in [1.165, 1.54) is 0 Å². The number of hydrogen-bond acceptors (Lipinski definition) is 5. The van der Waals surface area contributed by atoms with Gasteiger partial charge in [-0.2, -0.15) is 0 Å². The maximum atomic E-state index is 11.8. The van der Waals surface area contributed by atoms with E-state index >= 15 is 0 Å². The van der Waals surface area contributed by atoms with Gasteiger partial charge in [-0.15, -0.1) is 0 Å². The number of halogens is 2. The van der Waals surface area contributed by atoms with Crippen LogP contribution in [0.4, 0.5) is 0 Å². The highest BCUT2D eigenvalue weighted by molar-refractivity contribution is 9.11. The molecule has 2 rings (SSSR count). The number of rotatable bonds is 7. The lowest BCUT2D eigenvalue weighted by molar-refractivity contribution is -0.131. The molecule has 0 bridgehead atoms. The lowest BCUT2D eigenvalue weighted by Crippen LogP contribution is -2.45. The Morgan fingerprint density at radius 1 is 0.926 bits per heavy atom. The molecule has 2 aromatic rings. The predicted octanol–water partition coefficient (Wildman–Crippen LogP) is 3.13. The number of benzene rings is 2. The van der Waals surface area contributed by atoms with E-state index in [0.29, 0.717) is 17.2 Å². The second kappa shape index (κ2) is 10.2. The van der Waals surface area contributed by atoms with Gasteiger partial charge in [-0.3, -0.25) is 20.4 Å². The number of carbonyl (C=O) groups is 2. The zero-order chi connectivity index (χ0) is 19.8. The molecule has 0 spiro atoms. The summed E-state index contributed by atoms with van der Waals surface area (Å²) < 4.78 is 17.5. The number of methoxy groups -OCH3 is 1. The molecule has 7 nitrogen and oxygen atoms in total. The maximum Gasteiger partial charge on any atom is 0.276 e. The van der Waals surface area contributed by atoms with Gasteiger partial charge in [0.05, 0.1) is 11.6 Å². The minimum atomic E-state index is -0.500. The molecule has 0 fully saturated rings. The van der Waals surface area contributed by atoms with Crippen molar-refractivity contribution in [2.24, 2.45) is 0 Å². The van der Waals surface area contributed by atoms with E-state index in [2.05, 4.69) is 42.7 Å². The maximum absolute atomic E-state index is 11.8. The third-order valence-corrected chi connectivity index (χ3v) is 4.36. The molecule has 0 atom stereocenters. The Kier molecular flexibility index (Phi) is 7.93. The molecule has 2 amide bonds. The van der Waals surface area contributed by atoms with Gasteiger partial charge in [-0.1, -0.05) is 15.9 Å². The van der Waals surface area contributed by atoms with Gasteiger partial charge in [0.1, 0.15) is 17.2 Å². The molecule has 0 saturated heterocycles. The number of hydrogen-bond donors (Lipinski definition) is 2. The third kappa shape index (κ3) is 6.76. The van der Waals surface area contributed by atoms with Gasteiger partial charge < -0.3 is 14.2 Å². The van der Waals surface area contributed by atoms with Gasteiger partial charge in [0.25, 0.3) is 11.8 Å². The average Bonchev–Trinajstić information content (AvgIpc) is 2.64. The van der Waals surface area contributed by atoms with Gasteiger partial charge in [-0.05, 0) is 64.8 Å². The van der Waals surface area contributed by atoms with Crippen molar-refractivity contribution in [1.29, 1.82) is 0 Å². The molecule has 0 aliphatic heterocycles. The van der Waals surface area contributed by atoms with Crippen LogP contribution in [-0.4, -0.2) is 32.1 Å². The quantitative estimate of drug-likeness (QED) is 0.569. The molecule has 2 aromatic carbocycles. The fourth-order valence-electron chi connectivity index (χ4n) is 2.04. The summed E-state index contributed by atoms with van der Waals surface area (Å²) in [5.74, 6) is 0.757. The van der Waals surface area contributed by atoms with Crippen LogP contribution in [0.15, 0.2) is 45.3 Å². The first-order valence-corrected chi connectivity index (χ1v) is 9.40. The van der Waals surface area contributed by atoms with E-state index in [1.54, 1.807) is 31.4 Å². The largest absolute Gasteiger partial charge is 0.497 e. The van der Waals surface area contributed by atoms with E-state index < -0.39 is 11.8 Å². The van der Waals surface area contributed by atoms with Crippen LogP contribution < -0.4 is 25.1 Å². The second-order valence-corrected chi connectivity index (χ2v) is 7.15. The van der Waals surface area contributed by atoms with Crippen molar-refractivity contribution in [2.45, 2.75) is 6.92 Å². The molecule has 0 aromatic heterocycles. The topological polar surface area (TPSA) is 85.9 Å². The molecular formula is C18H18Br2N2O5. The lowest BCUT2D eigenvalue weighted by atomic mass is 10.2. The Balaban J connectivity index is 1.72. The Morgan fingerprint density at radius 3 is 2.04 bits per heavy atom. The number of ether oxygens (including phenoxy) is 3. The van der Waals surface area contributed by atoms with Crippen LogP contribution in [0.25, 0.3) is 0 Å². The summed E-state index contributed by atoms with van der Waals surface area (Å²) in [6, 6.07) is 10.5. The minimum Gasteiger partial charge on any atom is -0.497 e. The van der Waals surface area contributed by atoms with Crippen LogP contribution in [-0.2, 0) is 9.59 Å². The van der Waals surface area contributed by atoms with Crippen molar-refractivity contribution in [3.05, 3.63) is 50.9 Å². The highest BCUT2D eigenvalue weighted by atomic mass is 79.9. The first-order chi connectivity index (χ1) is 12.9. The number of hydrazine groups is 1. The van der Waals surface area contributed by atoms with E-state index in [0.717, 1.165) is 14.5 Å². The first-order valence-electron chi connectivity index (χ1n) is 7.82. The smallest absolute Gasteiger partial charge is 0.276 e. The molecule has 27 heavy (non-hydrogen) atoms. The summed E-state index contributed by atoms with van der Waals surface area (Å²) in [6.07, 6.45) is 0. The Bertz CT molecular complexity index is 789. The molecular weight excluding hydrogens is 484 g/mol. The van der Waals surface area contributed by atoms with Crippen LogP contribution in [0, 0.1) is 6.92 Å². The van der Waals surface area contributed by atoms with Gasteiger partial charge in [-0.25, -0.2) is 0 Å². The number of aryl methyl sites for hydroxylation is 1. The van der Waals surface area contributed by atoms with E-state index in [9.17, 15) is 9.59 Å². The number of amides is 2. The molecule has 0 saturated carbocycles. The van der Waals surface area contributed by atoms with Crippen molar-refractivity contribution in [2.75, 3.05) is 20.3 Å². The van der Waals surface area contributed by atoms with Crippen LogP contribution >= 0.6 is 31.9 Å². The molecule has 2 N–H and O–H groups in total. The van der Waals surface area contributed by atoms with Crippen molar-refractivity contribution in [3.63, 3.8) is 0 Å². The van der Waals surface area contributed by atoms with Crippen LogP contribution in [0.5, 0.6) is 17.2 Å². The molecule has 0 heterocycles. The molecule has 0 aliphatic rings. The monoisotopic (exact) mass is 500 g/mol. The summed E-state index contributed by atoms with van der Waals surface area (Å²) in [5, 5.41) is 0. The summed E-state index contributed by atoms with van der Waals surface area (Å²) in [4.78, 5) is 23.6. The summed E-state index contributed by atoms with van der Waals surface area (Å²) in [5.41, 5.74) is 5.39. The SMILES string of the molecule is COc1ccc(OCC(=O)NNC(=O)COc2c(C)cc(Br)cc2Br)cc1. The van der Waals surface area contributed by atoms with Gasteiger partial charge in [0.15, 0.2) is 13.2 Å². The molecule has 9 heteroatoms. The lowest BCUT2D eigenvalue weighted by Gasteiger charge is -2.12. The summed E-state index contributed by atoms with van der Waals surface area (Å²) >= 11 is 6.76. The van der Waals surface area contributed by atoms with Crippen LogP contribution in [0.2, 0.25) is 0 Å². The van der Waals surface area contributed by atoms with Crippen LogP contribution in [0.3, 0.4) is 0 Å². The molecule has 144 valence electrons. The molecule has 0 aliphatic carbocycles. The Morgan fingerprint density at radius 2 is 1.48 bits per heavy atom.